The van der Waals surface area contributed by atoms with Crippen LogP contribution in [-0.2, 0) is 10.2 Å². The van der Waals surface area contributed by atoms with Gasteiger partial charge in [-0.3, -0.25) is 4.79 Å². The second-order valence-corrected chi connectivity index (χ2v) is 7.50. The summed E-state index contributed by atoms with van der Waals surface area (Å²) < 4.78 is 10.8. The zero-order chi connectivity index (χ0) is 19.1. The van der Waals surface area contributed by atoms with E-state index in [1.54, 1.807) is 0 Å². The van der Waals surface area contributed by atoms with Crippen molar-refractivity contribution in [2.75, 3.05) is 12.1 Å². The van der Waals surface area contributed by atoms with Crippen LogP contribution in [0.2, 0.25) is 0 Å². The highest BCUT2D eigenvalue weighted by Gasteiger charge is 2.51. The van der Waals surface area contributed by atoms with Gasteiger partial charge < -0.3 is 14.8 Å². The molecule has 1 amide bonds. The van der Waals surface area contributed by atoms with Crippen LogP contribution < -0.4 is 14.8 Å². The molecule has 0 spiro atoms. The molecule has 5 rings (SSSR count). The average Bonchev–Trinajstić information content (AvgIpc) is 3.40. The minimum Gasteiger partial charge on any atom is -0.454 e. The summed E-state index contributed by atoms with van der Waals surface area (Å²) in [6.45, 7) is 2.35. The number of hydrogen-bond donors (Lipinski definition) is 1. The van der Waals surface area contributed by atoms with Gasteiger partial charge in [-0.2, -0.15) is 0 Å². The molecule has 28 heavy (non-hydrogen) atoms. The fourth-order valence-electron chi connectivity index (χ4n) is 3.85. The van der Waals surface area contributed by atoms with Gasteiger partial charge in [-0.1, -0.05) is 42.5 Å². The van der Waals surface area contributed by atoms with Gasteiger partial charge in [-0.15, -0.1) is 0 Å². The van der Waals surface area contributed by atoms with Gasteiger partial charge in [-0.05, 0) is 66.3 Å². The van der Waals surface area contributed by atoms with E-state index in [0.717, 1.165) is 41.2 Å². The number of ether oxygens (including phenoxy) is 2. The lowest BCUT2D eigenvalue weighted by molar-refractivity contribution is -0.118. The summed E-state index contributed by atoms with van der Waals surface area (Å²) in [5, 5.41) is 3.09. The zero-order valence-electron chi connectivity index (χ0n) is 15.7. The van der Waals surface area contributed by atoms with Crippen molar-refractivity contribution in [3.8, 4) is 22.6 Å². The smallest absolute Gasteiger partial charge is 0.235 e. The van der Waals surface area contributed by atoms with Gasteiger partial charge in [0.2, 0.25) is 12.7 Å². The number of amides is 1. The topological polar surface area (TPSA) is 47.6 Å². The summed E-state index contributed by atoms with van der Waals surface area (Å²) in [5.41, 5.74) is 4.93. The maximum absolute atomic E-state index is 13.0. The summed E-state index contributed by atoms with van der Waals surface area (Å²) in [7, 11) is 0. The molecule has 2 aliphatic rings. The standard InChI is InChI=1S/C24H21NO3/c1-16-4-2-3-5-20(16)17-6-9-19(10-7-17)25-23(26)24(12-13-24)18-8-11-21-22(14-18)28-15-27-21/h2-11,14H,12-13,15H2,1H3,(H,25,26). The molecule has 1 N–H and O–H groups in total. The monoisotopic (exact) mass is 371 g/mol. The fourth-order valence-corrected chi connectivity index (χ4v) is 3.85. The Morgan fingerprint density at radius 1 is 0.929 bits per heavy atom. The second-order valence-electron chi connectivity index (χ2n) is 7.50. The first-order valence-electron chi connectivity index (χ1n) is 9.53. The molecule has 0 atom stereocenters. The quantitative estimate of drug-likeness (QED) is 0.697. The Morgan fingerprint density at radius 2 is 1.68 bits per heavy atom. The number of anilines is 1. The van der Waals surface area contributed by atoms with Crippen molar-refractivity contribution >= 4 is 11.6 Å². The zero-order valence-corrected chi connectivity index (χ0v) is 15.7. The average molecular weight is 371 g/mol. The molecule has 0 aromatic heterocycles. The number of benzene rings is 3. The van der Waals surface area contributed by atoms with Crippen LogP contribution in [0.3, 0.4) is 0 Å². The molecule has 1 saturated carbocycles. The molecular formula is C24H21NO3. The molecule has 0 unspecified atom stereocenters. The van der Waals surface area contributed by atoms with Gasteiger partial charge in [0.15, 0.2) is 11.5 Å². The Morgan fingerprint density at radius 3 is 2.43 bits per heavy atom. The summed E-state index contributed by atoms with van der Waals surface area (Å²) in [5.74, 6) is 1.50. The van der Waals surface area contributed by atoms with Crippen LogP contribution in [0.15, 0.2) is 66.7 Å². The molecule has 4 heteroatoms. The molecule has 1 aliphatic heterocycles. The number of nitrogens with one attached hydrogen (secondary N) is 1. The summed E-state index contributed by atoms with van der Waals surface area (Å²) in [6.07, 6.45) is 1.69. The molecule has 140 valence electrons. The lowest BCUT2D eigenvalue weighted by Crippen LogP contribution is -2.27. The van der Waals surface area contributed by atoms with Gasteiger partial charge in [0, 0.05) is 5.69 Å². The van der Waals surface area contributed by atoms with Crippen LogP contribution >= 0.6 is 0 Å². The largest absolute Gasteiger partial charge is 0.454 e. The highest BCUT2D eigenvalue weighted by Crippen LogP contribution is 2.51. The van der Waals surface area contributed by atoms with E-state index in [4.69, 9.17) is 9.47 Å². The first-order valence-corrected chi connectivity index (χ1v) is 9.53. The van der Waals surface area contributed by atoms with E-state index in [-0.39, 0.29) is 12.7 Å². The predicted molar refractivity (Wildman–Crippen MR) is 109 cm³/mol. The van der Waals surface area contributed by atoms with E-state index in [0.29, 0.717) is 0 Å². The van der Waals surface area contributed by atoms with Crippen LogP contribution in [0.5, 0.6) is 11.5 Å². The Hall–Kier alpha value is -3.27. The maximum Gasteiger partial charge on any atom is 0.235 e. The Labute approximate surface area is 164 Å². The number of aryl methyl sites for hydroxylation is 1. The van der Waals surface area contributed by atoms with Crippen LogP contribution in [-0.4, -0.2) is 12.7 Å². The molecule has 3 aromatic rings. The van der Waals surface area contributed by atoms with Gasteiger partial charge >= 0.3 is 0 Å². The molecule has 0 radical (unpaired) electrons. The molecule has 1 heterocycles. The number of rotatable bonds is 4. The van der Waals surface area contributed by atoms with Crippen molar-refractivity contribution in [1.82, 2.24) is 0 Å². The Balaban J connectivity index is 1.35. The Bertz CT molecular complexity index is 1050. The number of fused-ring (bicyclic) bond motifs is 1. The van der Waals surface area contributed by atoms with Gasteiger partial charge in [0.05, 0.1) is 5.41 Å². The molecule has 0 saturated heterocycles. The van der Waals surface area contributed by atoms with E-state index in [1.165, 1.54) is 11.1 Å². The molecule has 4 nitrogen and oxygen atoms in total. The summed E-state index contributed by atoms with van der Waals surface area (Å²) in [6, 6.07) is 22.1. The van der Waals surface area contributed by atoms with Gasteiger partial charge in [0.1, 0.15) is 0 Å². The first kappa shape index (κ1) is 16.9. The van der Waals surface area contributed by atoms with Crippen LogP contribution in [0.1, 0.15) is 24.0 Å². The van der Waals surface area contributed by atoms with E-state index in [1.807, 2.05) is 42.5 Å². The minimum absolute atomic E-state index is 0.0370. The predicted octanol–water partition coefficient (Wildman–Crippen LogP) is 5.06. The van der Waals surface area contributed by atoms with Crippen molar-refractivity contribution in [3.63, 3.8) is 0 Å². The summed E-state index contributed by atoms with van der Waals surface area (Å²) in [4.78, 5) is 13.0. The molecule has 3 aromatic carbocycles. The maximum atomic E-state index is 13.0. The molecule has 1 aliphatic carbocycles. The molecule has 1 fully saturated rings. The van der Waals surface area contributed by atoms with Gasteiger partial charge in [0.25, 0.3) is 0 Å². The van der Waals surface area contributed by atoms with Crippen molar-refractivity contribution in [2.45, 2.75) is 25.2 Å². The van der Waals surface area contributed by atoms with Crippen molar-refractivity contribution in [2.24, 2.45) is 0 Å². The van der Waals surface area contributed by atoms with Crippen LogP contribution in [0, 0.1) is 6.92 Å². The second kappa shape index (κ2) is 6.41. The lowest BCUT2D eigenvalue weighted by Gasteiger charge is -2.16. The number of hydrogen-bond acceptors (Lipinski definition) is 3. The highest BCUT2D eigenvalue weighted by atomic mass is 16.7. The van der Waals surface area contributed by atoms with Gasteiger partial charge in [-0.25, -0.2) is 0 Å². The van der Waals surface area contributed by atoms with E-state index < -0.39 is 5.41 Å². The third kappa shape index (κ3) is 2.82. The van der Waals surface area contributed by atoms with E-state index >= 15 is 0 Å². The van der Waals surface area contributed by atoms with E-state index in [2.05, 4.69) is 36.5 Å². The van der Waals surface area contributed by atoms with Crippen molar-refractivity contribution < 1.29 is 14.3 Å². The first-order chi connectivity index (χ1) is 13.7. The van der Waals surface area contributed by atoms with Crippen LogP contribution in [0.25, 0.3) is 11.1 Å². The fraction of sp³-hybridized carbons (Fsp3) is 0.208. The highest BCUT2D eigenvalue weighted by molar-refractivity contribution is 6.01. The normalized spacial score (nSPS) is 15.9. The SMILES string of the molecule is Cc1ccccc1-c1ccc(NC(=O)C2(c3ccc4c(c3)OCO4)CC2)cc1. The molecular weight excluding hydrogens is 350 g/mol. The third-order valence-electron chi connectivity index (χ3n) is 5.71. The summed E-state index contributed by atoms with van der Waals surface area (Å²) >= 11 is 0. The number of carbonyl (C=O) groups excluding carboxylic acids is 1. The van der Waals surface area contributed by atoms with Crippen LogP contribution in [0.4, 0.5) is 5.69 Å². The van der Waals surface area contributed by atoms with Crippen molar-refractivity contribution in [3.05, 3.63) is 77.9 Å². The lowest BCUT2D eigenvalue weighted by atomic mass is 9.94. The third-order valence-corrected chi connectivity index (χ3v) is 5.71. The Kier molecular flexibility index (Phi) is 3.86. The molecule has 0 bridgehead atoms. The number of carbonyl (C=O) groups is 1. The minimum atomic E-state index is -0.463. The van der Waals surface area contributed by atoms with E-state index in [9.17, 15) is 4.79 Å². The van der Waals surface area contributed by atoms with Crippen molar-refractivity contribution in [1.29, 1.82) is 0 Å².